The molecular formula is C17H30BrCl. The first-order valence-corrected chi connectivity index (χ1v) is 9.28. The van der Waals surface area contributed by atoms with E-state index in [2.05, 4.69) is 54.9 Å². The van der Waals surface area contributed by atoms with E-state index in [4.69, 9.17) is 11.6 Å². The van der Waals surface area contributed by atoms with Crippen LogP contribution in [-0.4, -0.2) is 10.7 Å². The first-order valence-electron chi connectivity index (χ1n) is 7.72. The third-order valence-corrected chi connectivity index (χ3v) is 4.81. The van der Waals surface area contributed by atoms with Crippen LogP contribution < -0.4 is 0 Å². The van der Waals surface area contributed by atoms with Crippen molar-refractivity contribution < 1.29 is 0 Å². The Labute approximate surface area is 133 Å². The van der Waals surface area contributed by atoms with Crippen molar-refractivity contribution in [3.8, 4) is 0 Å². The third-order valence-electron chi connectivity index (χ3n) is 3.54. The van der Waals surface area contributed by atoms with Crippen molar-refractivity contribution >= 4 is 27.5 Å². The van der Waals surface area contributed by atoms with Crippen molar-refractivity contribution in [3.05, 3.63) is 23.8 Å². The molecule has 2 atom stereocenters. The molecule has 1 unspecified atom stereocenters. The largest absolute Gasteiger partial charge is 0.123 e. The van der Waals surface area contributed by atoms with Crippen LogP contribution in [0.1, 0.15) is 65.7 Å². The zero-order chi connectivity index (χ0) is 14.5. The zero-order valence-electron chi connectivity index (χ0n) is 12.8. The summed E-state index contributed by atoms with van der Waals surface area (Å²) in [6.45, 7) is 6.54. The van der Waals surface area contributed by atoms with Crippen LogP contribution in [0.2, 0.25) is 0 Å². The van der Waals surface area contributed by atoms with Gasteiger partial charge in [0.25, 0.3) is 0 Å². The Morgan fingerprint density at radius 3 is 2.47 bits per heavy atom. The lowest BCUT2D eigenvalue weighted by Crippen LogP contribution is -2.05. The van der Waals surface area contributed by atoms with Gasteiger partial charge in [0.15, 0.2) is 0 Å². The van der Waals surface area contributed by atoms with Crippen LogP contribution >= 0.6 is 27.5 Å². The summed E-state index contributed by atoms with van der Waals surface area (Å²) in [7, 11) is 0. The van der Waals surface area contributed by atoms with Crippen LogP contribution in [0.5, 0.6) is 0 Å². The van der Waals surface area contributed by atoms with Crippen LogP contribution in [0.25, 0.3) is 0 Å². The standard InChI is InChI=1S/C17H30BrCl/c1-4-7-8-9-11-16(14-18)15(5-2)12-10-13-17(19)6-3/h5,10,12,16-17H,4,6-9,11,13-14H2,1-3H3/b12-10-,15-5+/t16-,17?/m0/s1. The van der Waals surface area contributed by atoms with Gasteiger partial charge in [-0.15, -0.1) is 11.6 Å². The number of alkyl halides is 2. The number of hydrogen-bond donors (Lipinski definition) is 0. The van der Waals surface area contributed by atoms with Gasteiger partial charge < -0.3 is 0 Å². The van der Waals surface area contributed by atoms with Gasteiger partial charge >= 0.3 is 0 Å². The maximum Gasteiger partial charge on any atom is 0.0368 e. The van der Waals surface area contributed by atoms with E-state index in [1.807, 2.05) is 0 Å². The zero-order valence-corrected chi connectivity index (χ0v) is 15.1. The number of unbranched alkanes of at least 4 members (excludes halogenated alkanes) is 3. The molecule has 0 radical (unpaired) electrons. The van der Waals surface area contributed by atoms with Crippen molar-refractivity contribution in [2.45, 2.75) is 71.1 Å². The topological polar surface area (TPSA) is 0 Å². The van der Waals surface area contributed by atoms with Crippen molar-refractivity contribution in [1.29, 1.82) is 0 Å². The molecule has 0 aromatic carbocycles. The minimum atomic E-state index is 0.279. The number of rotatable bonds is 11. The average molecular weight is 350 g/mol. The summed E-state index contributed by atoms with van der Waals surface area (Å²) in [6.07, 6.45) is 15.4. The maximum absolute atomic E-state index is 6.14. The Hall–Kier alpha value is 0.250. The van der Waals surface area contributed by atoms with Gasteiger partial charge in [0.1, 0.15) is 0 Å². The fourth-order valence-corrected chi connectivity index (χ4v) is 2.94. The Bertz CT molecular complexity index is 258. The highest BCUT2D eigenvalue weighted by Gasteiger charge is 2.10. The molecule has 0 saturated carbocycles. The Morgan fingerprint density at radius 1 is 1.21 bits per heavy atom. The monoisotopic (exact) mass is 348 g/mol. The average Bonchev–Trinajstić information content (AvgIpc) is 2.44. The van der Waals surface area contributed by atoms with Gasteiger partial charge in [-0.05, 0) is 37.7 Å². The van der Waals surface area contributed by atoms with E-state index in [0.29, 0.717) is 5.92 Å². The molecule has 0 aliphatic heterocycles. The third kappa shape index (κ3) is 9.73. The van der Waals surface area contributed by atoms with Gasteiger partial charge in [-0.1, -0.05) is 73.7 Å². The van der Waals surface area contributed by atoms with Gasteiger partial charge in [-0.25, -0.2) is 0 Å². The number of allylic oxidation sites excluding steroid dienone is 4. The van der Waals surface area contributed by atoms with Gasteiger partial charge in [0.2, 0.25) is 0 Å². The second-order valence-electron chi connectivity index (χ2n) is 5.13. The molecule has 0 fully saturated rings. The highest BCUT2D eigenvalue weighted by molar-refractivity contribution is 9.09. The lowest BCUT2D eigenvalue weighted by molar-refractivity contribution is 0.555. The van der Waals surface area contributed by atoms with Crippen molar-refractivity contribution in [1.82, 2.24) is 0 Å². The van der Waals surface area contributed by atoms with Gasteiger partial charge in [0, 0.05) is 10.7 Å². The van der Waals surface area contributed by atoms with Crippen LogP contribution in [-0.2, 0) is 0 Å². The van der Waals surface area contributed by atoms with E-state index in [1.54, 1.807) is 0 Å². The number of halogens is 2. The van der Waals surface area contributed by atoms with Crippen molar-refractivity contribution in [3.63, 3.8) is 0 Å². The van der Waals surface area contributed by atoms with E-state index in [0.717, 1.165) is 18.2 Å². The molecule has 0 bridgehead atoms. The summed E-state index contributed by atoms with van der Waals surface area (Å²) in [5.41, 5.74) is 1.45. The van der Waals surface area contributed by atoms with Crippen molar-refractivity contribution in [2.24, 2.45) is 5.92 Å². The second-order valence-corrected chi connectivity index (χ2v) is 6.40. The molecule has 0 spiro atoms. The molecule has 0 saturated heterocycles. The van der Waals surface area contributed by atoms with Gasteiger partial charge in [-0.2, -0.15) is 0 Å². The molecule has 0 N–H and O–H groups in total. The van der Waals surface area contributed by atoms with E-state index in [-0.39, 0.29) is 5.38 Å². The van der Waals surface area contributed by atoms with Crippen LogP contribution in [0, 0.1) is 5.92 Å². The first-order chi connectivity index (χ1) is 9.19. The minimum absolute atomic E-state index is 0.279. The maximum atomic E-state index is 6.14. The van der Waals surface area contributed by atoms with E-state index >= 15 is 0 Å². The molecule has 112 valence electrons. The summed E-state index contributed by atoms with van der Waals surface area (Å²) in [5.74, 6) is 0.647. The quantitative estimate of drug-likeness (QED) is 0.217. The number of hydrogen-bond acceptors (Lipinski definition) is 0. The molecule has 0 heterocycles. The molecule has 0 aliphatic rings. The molecule has 0 aromatic rings. The normalized spacial score (nSPS) is 15.9. The molecular weight excluding hydrogens is 320 g/mol. The molecule has 19 heavy (non-hydrogen) atoms. The van der Waals surface area contributed by atoms with Crippen molar-refractivity contribution in [2.75, 3.05) is 5.33 Å². The molecule has 0 aromatic heterocycles. The Kier molecular flexibility index (Phi) is 13.4. The Morgan fingerprint density at radius 2 is 1.95 bits per heavy atom. The van der Waals surface area contributed by atoms with Crippen LogP contribution in [0.4, 0.5) is 0 Å². The summed E-state index contributed by atoms with van der Waals surface area (Å²) in [5, 5.41) is 1.34. The lowest BCUT2D eigenvalue weighted by Gasteiger charge is -2.15. The Balaban J connectivity index is 4.22. The summed E-state index contributed by atoms with van der Waals surface area (Å²) < 4.78 is 0. The summed E-state index contributed by atoms with van der Waals surface area (Å²) >= 11 is 9.80. The first kappa shape index (κ1) is 19.2. The van der Waals surface area contributed by atoms with Crippen LogP contribution in [0.15, 0.2) is 23.8 Å². The fourth-order valence-electron chi connectivity index (χ4n) is 2.14. The predicted octanol–water partition coefficient (Wildman–Crippen LogP) is 6.88. The van der Waals surface area contributed by atoms with Gasteiger partial charge in [-0.3, -0.25) is 0 Å². The van der Waals surface area contributed by atoms with Gasteiger partial charge in [0.05, 0.1) is 0 Å². The summed E-state index contributed by atoms with van der Waals surface area (Å²) in [4.78, 5) is 0. The van der Waals surface area contributed by atoms with Crippen LogP contribution in [0.3, 0.4) is 0 Å². The fraction of sp³-hybridized carbons (Fsp3) is 0.765. The van der Waals surface area contributed by atoms with E-state index in [1.165, 1.54) is 37.7 Å². The minimum Gasteiger partial charge on any atom is -0.123 e. The molecule has 0 nitrogen and oxygen atoms in total. The van der Waals surface area contributed by atoms with E-state index in [9.17, 15) is 0 Å². The highest BCUT2D eigenvalue weighted by atomic mass is 79.9. The second kappa shape index (κ2) is 13.2. The molecule has 0 rings (SSSR count). The summed E-state index contributed by atoms with van der Waals surface area (Å²) in [6, 6.07) is 0. The predicted molar refractivity (Wildman–Crippen MR) is 93.5 cm³/mol. The van der Waals surface area contributed by atoms with E-state index < -0.39 is 0 Å². The lowest BCUT2D eigenvalue weighted by atomic mass is 9.93. The SMILES string of the molecule is C/C=C(\C=C/CC(Cl)CC)[C@H](CBr)CCCCCC. The molecule has 2 heteroatoms. The highest BCUT2D eigenvalue weighted by Crippen LogP contribution is 2.23. The molecule has 0 amide bonds. The smallest absolute Gasteiger partial charge is 0.0368 e. The molecule has 0 aliphatic carbocycles.